The van der Waals surface area contributed by atoms with Gasteiger partial charge in [0.05, 0.1) is 6.61 Å². The lowest BCUT2D eigenvalue weighted by Gasteiger charge is -2.35. The first-order valence-electron chi connectivity index (χ1n) is 12.5. The van der Waals surface area contributed by atoms with E-state index >= 15 is 0 Å². The standard InChI is InChI=1S/C28H35N5O2/c1-4-5-6-19-35-25-13-9-23(10-14-25)27(34)33-17-15-32(16-18-33)26-20-22(3)29-28(31-26)30-24-11-7-21(2)8-12-24/h7-14,20H,4-6,15-19H2,1-3H3,(H,29,30,31). The maximum Gasteiger partial charge on any atom is 0.253 e. The van der Waals surface area contributed by atoms with Crippen LogP contribution >= 0.6 is 0 Å². The van der Waals surface area contributed by atoms with Gasteiger partial charge in [0.2, 0.25) is 5.95 Å². The zero-order valence-corrected chi connectivity index (χ0v) is 21.0. The van der Waals surface area contributed by atoms with E-state index in [2.05, 4.69) is 41.2 Å². The molecule has 0 unspecified atom stereocenters. The zero-order chi connectivity index (χ0) is 24.6. The number of hydrogen-bond donors (Lipinski definition) is 1. The summed E-state index contributed by atoms with van der Waals surface area (Å²) >= 11 is 0. The molecular weight excluding hydrogens is 438 g/mol. The number of carbonyl (C=O) groups is 1. The third-order valence-corrected chi connectivity index (χ3v) is 6.16. The molecule has 0 spiro atoms. The quantitative estimate of drug-likeness (QED) is 0.422. The van der Waals surface area contributed by atoms with Crippen molar-refractivity contribution >= 4 is 23.4 Å². The molecule has 1 N–H and O–H groups in total. The first kappa shape index (κ1) is 24.5. The van der Waals surface area contributed by atoms with Crippen LogP contribution in [0.25, 0.3) is 0 Å². The minimum absolute atomic E-state index is 0.0581. The van der Waals surface area contributed by atoms with Crippen LogP contribution in [0.4, 0.5) is 17.5 Å². The Labute approximate surface area is 208 Å². The molecule has 3 aromatic rings. The molecule has 1 amide bonds. The predicted molar refractivity (Wildman–Crippen MR) is 141 cm³/mol. The average molecular weight is 474 g/mol. The number of rotatable bonds is 9. The SMILES string of the molecule is CCCCCOc1ccc(C(=O)N2CCN(c3cc(C)nc(Nc4ccc(C)cc4)n3)CC2)cc1. The molecular formula is C28H35N5O2. The predicted octanol–water partition coefficient (Wildman–Crippen LogP) is 5.37. The Hall–Kier alpha value is -3.61. The minimum atomic E-state index is 0.0581. The number of carbonyl (C=O) groups excluding carboxylic acids is 1. The van der Waals surface area contributed by atoms with Gasteiger partial charge in [-0.05, 0) is 56.7 Å². The first-order valence-corrected chi connectivity index (χ1v) is 12.5. The minimum Gasteiger partial charge on any atom is -0.494 e. The van der Waals surface area contributed by atoms with Crippen molar-refractivity contribution in [1.82, 2.24) is 14.9 Å². The number of hydrogen-bond acceptors (Lipinski definition) is 6. The zero-order valence-electron chi connectivity index (χ0n) is 21.0. The molecule has 1 saturated heterocycles. The van der Waals surface area contributed by atoms with Crippen molar-refractivity contribution in [3.63, 3.8) is 0 Å². The third-order valence-electron chi connectivity index (χ3n) is 6.16. The van der Waals surface area contributed by atoms with Crippen LogP contribution in [0.1, 0.15) is 47.8 Å². The summed E-state index contributed by atoms with van der Waals surface area (Å²) in [5.74, 6) is 2.34. The molecule has 2 heterocycles. The number of unbranched alkanes of at least 4 members (excludes halogenated alkanes) is 2. The second kappa shape index (κ2) is 11.7. The topological polar surface area (TPSA) is 70.6 Å². The molecule has 1 aromatic heterocycles. The monoisotopic (exact) mass is 473 g/mol. The van der Waals surface area contributed by atoms with Crippen molar-refractivity contribution in [2.45, 2.75) is 40.0 Å². The third kappa shape index (κ3) is 6.72. The number of anilines is 3. The van der Waals surface area contributed by atoms with Gasteiger partial charge in [-0.25, -0.2) is 4.98 Å². The molecule has 2 aromatic carbocycles. The lowest BCUT2D eigenvalue weighted by Crippen LogP contribution is -2.49. The second-order valence-electron chi connectivity index (χ2n) is 9.04. The Morgan fingerprint density at radius 2 is 1.66 bits per heavy atom. The van der Waals surface area contributed by atoms with Crippen LogP contribution in [0.2, 0.25) is 0 Å². The van der Waals surface area contributed by atoms with Gasteiger partial charge in [-0.15, -0.1) is 0 Å². The molecule has 0 saturated carbocycles. The molecule has 0 bridgehead atoms. The van der Waals surface area contributed by atoms with E-state index in [1.54, 1.807) is 0 Å². The van der Waals surface area contributed by atoms with Crippen LogP contribution in [-0.4, -0.2) is 53.6 Å². The molecule has 4 rings (SSSR count). The van der Waals surface area contributed by atoms with E-state index in [4.69, 9.17) is 9.72 Å². The highest BCUT2D eigenvalue weighted by molar-refractivity contribution is 5.94. The summed E-state index contributed by atoms with van der Waals surface area (Å²) in [5, 5.41) is 3.30. The molecule has 0 radical (unpaired) electrons. The highest BCUT2D eigenvalue weighted by atomic mass is 16.5. The van der Waals surface area contributed by atoms with Crippen molar-refractivity contribution in [1.29, 1.82) is 0 Å². The normalized spacial score (nSPS) is 13.6. The number of nitrogens with zero attached hydrogens (tertiary/aromatic N) is 4. The average Bonchev–Trinajstić information content (AvgIpc) is 2.88. The van der Waals surface area contributed by atoms with Crippen molar-refractivity contribution < 1.29 is 9.53 Å². The molecule has 7 heteroatoms. The Kier molecular flexibility index (Phi) is 8.19. The summed E-state index contributed by atoms with van der Waals surface area (Å²) in [6, 6.07) is 17.7. The summed E-state index contributed by atoms with van der Waals surface area (Å²) in [4.78, 5) is 26.4. The number of benzene rings is 2. The highest BCUT2D eigenvalue weighted by Crippen LogP contribution is 2.21. The van der Waals surface area contributed by atoms with E-state index in [1.807, 2.05) is 54.3 Å². The van der Waals surface area contributed by atoms with E-state index in [-0.39, 0.29) is 5.91 Å². The van der Waals surface area contributed by atoms with Gasteiger partial charge in [0, 0.05) is 49.2 Å². The summed E-state index contributed by atoms with van der Waals surface area (Å²) in [7, 11) is 0. The summed E-state index contributed by atoms with van der Waals surface area (Å²) in [6.07, 6.45) is 3.39. The number of aromatic nitrogens is 2. The highest BCUT2D eigenvalue weighted by Gasteiger charge is 2.23. The lowest BCUT2D eigenvalue weighted by atomic mass is 10.1. The van der Waals surface area contributed by atoms with Gasteiger partial charge in [0.15, 0.2) is 0 Å². The van der Waals surface area contributed by atoms with Gasteiger partial charge in [0.1, 0.15) is 11.6 Å². The largest absolute Gasteiger partial charge is 0.494 e. The van der Waals surface area contributed by atoms with Crippen LogP contribution in [0.15, 0.2) is 54.6 Å². The van der Waals surface area contributed by atoms with Crippen LogP contribution in [-0.2, 0) is 0 Å². The molecule has 0 aliphatic carbocycles. The van der Waals surface area contributed by atoms with Gasteiger partial charge < -0.3 is 19.9 Å². The molecule has 7 nitrogen and oxygen atoms in total. The molecule has 1 aliphatic heterocycles. The number of nitrogens with one attached hydrogen (secondary N) is 1. The van der Waals surface area contributed by atoms with Crippen LogP contribution in [0, 0.1) is 13.8 Å². The van der Waals surface area contributed by atoms with Crippen LogP contribution in [0.3, 0.4) is 0 Å². The summed E-state index contributed by atoms with van der Waals surface area (Å²) in [5.41, 5.74) is 3.77. The molecule has 35 heavy (non-hydrogen) atoms. The number of aryl methyl sites for hydroxylation is 2. The number of ether oxygens (including phenoxy) is 1. The summed E-state index contributed by atoms with van der Waals surface area (Å²) < 4.78 is 5.76. The van der Waals surface area contributed by atoms with Gasteiger partial charge in [-0.3, -0.25) is 4.79 Å². The van der Waals surface area contributed by atoms with Crippen molar-refractivity contribution in [2.75, 3.05) is 43.0 Å². The molecule has 1 fully saturated rings. The van der Waals surface area contributed by atoms with Gasteiger partial charge in [-0.2, -0.15) is 4.98 Å². The fourth-order valence-electron chi connectivity index (χ4n) is 4.09. The Morgan fingerprint density at radius 1 is 0.943 bits per heavy atom. The van der Waals surface area contributed by atoms with Crippen LogP contribution in [0.5, 0.6) is 5.75 Å². The van der Waals surface area contributed by atoms with E-state index in [9.17, 15) is 4.79 Å². The van der Waals surface area contributed by atoms with E-state index in [1.165, 1.54) is 18.4 Å². The van der Waals surface area contributed by atoms with Crippen LogP contribution < -0.4 is 15.0 Å². The Morgan fingerprint density at radius 3 is 2.34 bits per heavy atom. The van der Waals surface area contributed by atoms with Gasteiger partial charge in [0.25, 0.3) is 5.91 Å². The lowest BCUT2D eigenvalue weighted by molar-refractivity contribution is 0.0746. The first-order chi connectivity index (χ1) is 17.0. The fraction of sp³-hybridized carbons (Fsp3) is 0.393. The van der Waals surface area contributed by atoms with Crippen molar-refractivity contribution in [2.24, 2.45) is 0 Å². The second-order valence-corrected chi connectivity index (χ2v) is 9.04. The maximum absolute atomic E-state index is 13.0. The van der Waals surface area contributed by atoms with Crippen molar-refractivity contribution in [3.8, 4) is 5.75 Å². The van der Waals surface area contributed by atoms with Crippen molar-refractivity contribution in [3.05, 3.63) is 71.4 Å². The smallest absolute Gasteiger partial charge is 0.253 e. The van der Waals surface area contributed by atoms with Gasteiger partial charge in [-0.1, -0.05) is 37.5 Å². The summed E-state index contributed by atoms with van der Waals surface area (Å²) in [6.45, 7) is 9.69. The Balaban J connectivity index is 1.33. The number of amides is 1. The van der Waals surface area contributed by atoms with Gasteiger partial charge >= 0.3 is 0 Å². The van der Waals surface area contributed by atoms with E-state index in [0.717, 1.165) is 42.5 Å². The molecule has 0 atom stereocenters. The maximum atomic E-state index is 13.0. The van der Waals surface area contributed by atoms with E-state index in [0.29, 0.717) is 31.2 Å². The molecule has 1 aliphatic rings. The van der Waals surface area contributed by atoms with E-state index < -0.39 is 0 Å². The Bertz CT molecular complexity index is 1110. The number of piperazine rings is 1. The fourth-order valence-corrected chi connectivity index (χ4v) is 4.09. The molecule has 184 valence electrons.